The quantitative estimate of drug-likeness (QED) is 0.309. The van der Waals surface area contributed by atoms with Gasteiger partial charge in [0.1, 0.15) is 23.1 Å². The highest BCUT2D eigenvalue weighted by Crippen LogP contribution is 2.35. The van der Waals surface area contributed by atoms with Crippen LogP contribution in [0.1, 0.15) is 12.5 Å². The molecule has 1 aliphatic heterocycles. The van der Waals surface area contributed by atoms with E-state index in [0.29, 0.717) is 18.7 Å². The molecule has 5 rings (SSSR count). The van der Waals surface area contributed by atoms with Crippen molar-refractivity contribution in [1.29, 1.82) is 0 Å². The molecule has 0 unspecified atom stereocenters. The van der Waals surface area contributed by atoms with Crippen LogP contribution < -0.4 is 10.6 Å². The minimum Gasteiger partial charge on any atom is -0.350 e. The third kappa shape index (κ3) is 5.16. The van der Waals surface area contributed by atoms with Gasteiger partial charge < -0.3 is 9.80 Å². The first-order valence-electron chi connectivity index (χ1n) is 12.9. The molecule has 0 N–H and O–H groups in total. The molecule has 1 atom stereocenters. The zero-order valence-electron chi connectivity index (χ0n) is 22.9. The van der Waals surface area contributed by atoms with E-state index in [2.05, 4.69) is 16.5 Å². The molecule has 1 amide bonds. The summed E-state index contributed by atoms with van der Waals surface area (Å²) in [6, 6.07) is 8.77. The van der Waals surface area contributed by atoms with E-state index in [1.54, 1.807) is 28.9 Å². The molecule has 0 spiro atoms. The van der Waals surface area contributed by atoms with E-state index in [1.807, 2.05) is 6.92 Å². The third-order valence-corrected chi connectivity index (χ3v) is 8.64. The van der Waals surface area contributed by atoms with E-state index < -0.39 is 27.2 Å². The van der Waals surface area contributed by atoms with Gasteiger partial charge in [-0.1, -0.05) is 30.3 Å². The number of aryl methyl sites for hydroxylation is 1. The van der Waals surface area contributed by atoms with Gasteiger partial charge in [0, 0.05) is 37.5 Å². The van der Waals surface area contributed by atoms with Crippen molar-refractivity contribution in [2.45, 2.75) is 24.8 Å². The number of amides is 1. The fraction of sp³-hybridized carbons (Fsp3) is 0.241. The van der Waals surface area contributed by atoms with Gasteiger partial charge in [-0.05, 0) is 55.8 Å². The number of fused-ring (bicyclic) bond motifs is 1. The average molecular weight is 614 g/mol. The lowest BCUT2D eigenvalue weighted by Crippen LogP contribution is -2.54. The molecule has 13 heteroatoms. The fourth-order valence-electron chi connectivity index (χ4n) is 5.22. The van der Waals surface area contributed by atoms with Gasteiger partial charge in [0.05, 0.1) is 21.0 Å². The lowest BCUT2D eigenvalue weighted by molar-refractivity contribution is -0.126. The Kier molecular flexibility index (Phi) is 7.62. The van der Waals surface area contributed by atoms with Crippen LogP contribution >= 0.6 is 11.6 Å². The SMILES string of the molecule is C=CC(=O)N1CCN(c2nc(=O)n(-c3c(C)cccc3S(C)(=O)=O)c3nc(-c4ccc(F)cc4Cl)c(F)cc23)[C@@H](C)C1. The lowest BCUT2D eigenvalue weighted by Gasteiger charge is -2.40. The summed E-state index contributed by atoms with van der Waals surface area (Å²) < 4.78 is 56.3. The highest BCUT2D eigenvalue weighted by molar-refractivity contribution is 7.90. The van der Waals surface area contributed by atoms with Crippen molar-refractivity contribution >= 4 is 44.2 Å². The third-order valence-electron chi connectivity index (χ3n) is 7.20. The number of anilines is 1. The van der Waals surface area contributed by atoms with Gasteiger partial charge in [0.25, 0.3) is 0 Å². The predicted octanol–water partition coefficient (Wildman–Crippen LogP) is 4.31. The zero-order chi connectivity index (χ0) is 30.5. The van der Waals surface area contributed by atoms with Crippen molar-refractivity contribution in [1.82, 2.24) is 19.4 Å². The predicted molar refractivity (Wildman–Crippen MR) is 157 cm³/mol. The zero-order valence-corrected chi connectivity index (χ0v) is 24.5. The van der Waals surface area contributed by atoms with E-state index in [0.717, 1.165) is 29.0 Å². The number of nitrogens with zero attached hydrogens (tertiary/aromatic N) is 5. The molecule has 42 heavy (non-hydrogen) atoms. The molecule has 3 heterocycles. The number of carbonyl (C=O) groups excluding carboxylic acids is 1. The minimum absolute atomic E-state index is 0.0266. The second-order valence-electron chi connectivity index (χ2n) is 10.1. The van der Waals surface area contributed by atoms with Gasteiger partial charge in [-0.2, -0.15) is 4.98 Å². The maximum atomic E-state index is 15.8. The van der Waals surface area contributed by atoms with Crippen molar-refractivity contribution in [3.05, 3.63) is 87.8 Å². The highest BCUT2D eigenvalue weighted by Gasteiger charge is 2.31. The number of benzene rings is 2. The summed E-state index contributed by atoms with van der Waals surface area (Å²) in [6.07, 6.45) is 2.24. The van der Waals surface area contributed by atoms with Gasteiger partial charge in [-0.15, -0.1) is 0 Å². The summed E-state index contributed by atoms with van der Waals surface area (Å²) in [5.41, 5.74) is -0.636. The number of hydrogen-bond donors (Lipinski definition) is 0. The van der Waals surface area contributed by atoms with Crippen molar-refractivity contribution in [3.8, 4) is 16.9 Å². The fourth-order valence-corrected chi connectivity index (χ4v) is 6.40. The molecule has 0 saturated carbocycles. The van der Waals surface area contributed by atoms with Crippen molar-refractivity contribution in [3.63, 3.8) is 0 Å². The Morgan fingerprint density at radius 1 is 1.14 bits per heavy atom. The van der Waals surface area contributed by atoms with Crippen LogP contribution in [-0.2, 0) is 14.6 Å². The van der Waals surface area contributed by atoms with E-state index in [1.165, 1.54) is 18.2 Å². The van der Waals surface area contributed by atoms with Gasteiger partial charge in [-0.25, -0.2) is 31.5 Å². The Bertz CT molecular complexity index is 1950. The maximum absolute atomic E-state index is 15.8. The van der Waals surface area contributed by atoms with E-state index in [-0.39, 0.29) is 62.2 Å². The number of para-hydroxylation sites is 1. The molecule has 1 aliphatic rings. The topological polar surface area (TPSA) is 105 Å². The van der Waals surface area contributed by atoms with Crippen LogP contribution in [0.25, 0.3) is 28.0 Å². The number of pyridine rings is 1. The molecule has 1 fully saturated rings. The largest absolute Gasteiger partial charge is 0.355 e. The number of piperazine rings is 1. The Morgan fingerprint density at radius 2 is 1.88 bits per heavy atom. The standard InChI is InChI=1S/C29H26ClF2N5O4S/c1-5-24(38)35-11-12-36(17(3)15-35)27-20-14-22(32)25(19-10-9-18(31)13-21(19)30)33-28(20)37(29(39)34-27)26-16(2)7-6-8-23(26)42(4,40)41/h5-10,13-14,17H,1,11-12,15H2,2-4H3/t17-/m0/s1. The Hall–Kier alpha value is -4.16. The molecular formula is C29H26ClF2N5O4S. The molecule has 2 aromatic carbocycles. The minimum atomic E-state index is -3.84. The van der Waals surface area contributed by atoms with Crippen LogP contribution in [0.3, 0.4) is 0 Å². The number of aromatic nitrogens is 3. The molecule has 0 aliphatic carbocycles. The normalized spacial score (nSPS) is 15.7. The van der Waals surface area contributed by atoms with Crippen LogP contribution in [0.5, 0.6) is 0 Å². The van der Waals surface area contributed by atoms with Crippen molar-refractivity contribution in [2.24, 2.45) is 0 Å². The summed E-state index contributed by atoms with van der Waals surface area (Å²) in [4.78, 5) is 38.1. The van der Waals surface area contributed by atoms with Crippen LogP contribution in [-0.4, -0.2) is 65.7 Å². The lowest BCUT2D eigenvalue weighted by atomic mass is 10.1. The second-order valence-corrected chi connectivity index (χ2v) is 12.5. The summed E-state index contributed by atoms with van der Waals surface area (Å²) in [6.45, 7) is 7.88. The Morgan fingerprint density at radius 3 is 2.52 bits per heavy atom. The molecule has 2 aromatic heterocycles. The van der Waals surface area contributed by atoms with Crippen LogP contribution in [0.2, 0.25) is 5.02 Å². The van der Waals surface area contributed by atoms with Crippen molar-refractivity contribution in [2.75, 3.05) is 30.8 Å². The Labute approximate surface area is 245 Å². The smallest absolute Gasteiger partial charge is 0.350 e. The van der Waals surface area contributed by atoms with Gasteiger partial charge >= 0.3 is 5.69 Å². The first kappa shape index (κ1) is 29.3. The summed E-state index contributed by atoms with van der Waals surface area (Å²) >= 11 is 6.25. The number of rotatable bonds is 5. The maximum Gasteiger partial charge on any atom is 0.355 e. The number of hydrogen-bond acceptors (Lipinski definition) is 7. The van der Waals surface area contributed by atoms with E-state index in [9.17, 15) is 22.4 Å². The highest BCUT2D eigenvalue weighted by atomic mass is 35.5. The Balaban J connectivity index is 1.84. The van der Waals surface area contributed by atoms with Crippen LogP contribution in [0, 0.1) is 18.6 Å². The van der Waals surface area contributed by atoms with Crippen LogP contribution in [0.15, 0.2) is 64.8 Å². The monoisotopic (exact) mass is 613 g/mol. The molecule has 0 bridgehead atoms. The van der Waals surface area contributed by atoms with E-state index in [4.69, 9.17) is 11.6 Å². The van der Waals surface area contributed by atoms with Gasteiger partial charge in [0.2, 0.25) is 5.91 Å². The molecule has 4 aromatic rings. The second kappa shape index (κ2) is 10.9. The molecule has 218 valence electrons. The summed E-state index contributed by atoms with van der Waals surface area (Å²) in [5, 5.41) is 0.0282. The van der Waals surface area contributed by atoms with Crippen LogP contribution in [0.4, 0.5) is 14.6 Å². The number of sulfone groups is 1. The van der Waals surface area contributed by atoms with E-state index >= 15 is 4.39 Å². The first-order valence-corrected chi connectivity index (χ1v) is 15.2. The first-order chi connectivity index (χ1) is 19.8. The van der Waals surface area contributed by atoms with Crippen molar-refractivity contribution < 1.29 is 22.0 Å². The van der Waals surface area contributed by atoms with Gasteiger partial charge in [0.15, 0.2) is 15.5 Å². The number of halogens is 3. The summed E-state index contributed by atoms with van der Waals surface area (Å²) in [5.74, 6) is -1.56. The summed E-state index contributed by atoms with van der Waals surface area (Å²) in [7, 11) is -3.84. The van der Waals surface area contributed by atoms with Gasteiger partial charge in [-0.3, -0.25) is 4.79 Å². The average Bonchev–Trinajstić information content (AvgIpc) is 2.92. The number of carbonyl (C=O) groups is 1. The molecule has 0 radical (unpaired) electrons. The molecule has 9 nitrogen and oxygen atoms in total. The molecular weight excluding hydrogens is 588 g/mol. The molecule has 1 saturated heterocycles.